The van der Waals surface area contributed by atoms with Crippen LogP contribution in [0.1, 0.15) is 29.4 Å². The van der Waals surface area contributed by atoms with Gasteiger partial charge < -0.3 is 9.84 Å². The van der Waals surface area contributed by atoms with Crippen LogP contribution in [0.15, 0.2) is 36.4 Å². The molecule has 3 heteroatoms. The Morgan fingerprint density at radius 1 is 1.05 bits per heavy atom. The normalized spacial score (nSPS) is 10.5. The van der Waals surface area contributed by atoms with Gasteiger partial charge in [0.05, 0.1) is 6.61 Å². The lowest BCUT2D eigenvalue weighted by Crippen LogP contribution is -2.01. The Kier molecular flexibility index (Phi) is 4.53. The molecule has 0 spiro atoms. The monoisotopic (exact) mass is 257 g/mol. The molecule has 0 aliphatic heterocycles. The lowest BCUT2D eigenvalue weighted by atomic mass is 10.1. The molecule has 0 fully saturated rings. The number of benzene rings is 1. The minimum atomic E-state index is -0.105. The minimum absolute atomic E-state index is 0.105. The van der Waals surface area contributed by atoms with Crippen LogP contribution in [0.3, 0.4) is 0 Å². The van der Waals surface area contributed by atoms with Crippen LogP contribution in [0.4, 0.5) is 0 Å². The lowest BCUT2D eigenvalue weighted by Gasteiger charge is -2.10. The van der Waals surface area contributed by atoms with Crippen molar-refractivity contribution in [3.8, 4) is 5.75 Å². The average molecular weight is 257 g/mol. The van der Waals surface area contributed by atoms with Crippen LogP contribution in [0.5, 0.6) is 5.75 Å². The number of aromatic nitrogens is 1. The molecule has 19 heavy (non-hydrogen) atoms. The van der Waals surface area contributed by atoms with E-state index in [1.54, 1.807) is 0 Å². The quantitative estimate of drug-likeness (QED) is 0.895. The predicted octanol–water partition coefficient (Wildman–Crippen LogP) is 3.02. The highest BCUT2D eigenvalue weighted by molar-refractivity contribution is 5.29. The Morgan fingerprint density at radius 2 is 1.74 bits per heavy atom. The topological polar surface area (TPSA) is 42.4 Å². The summed E-state index contributed by atoms with van der Waals surface area (Å²) in [7, 11) is 0. The molecule has 0 amide bonds. The molecular formula is C16H19NO2. The van der Waals surface area contributed by atoms with E-state index in [4.69, 9.17) is 4.74 Å². The van der Waals surface area contributed by atoms with Crippen molar-refractivity contribution in [3.05, 3.63) is 58.9 Å². The second kappa shape index (κ2) is 6.34. The van der Waals surface area contributed by atoms with Crippen molar-refractivity contribution in [2.24, 2.45) is 0 Å². The second-order valence-electron chi connectivity index (χ2n) is 4.51. The first kappa shape index (κ1) is 13.6. The Hall–Kier alpha value is -1.87. The number of aliphatic hydroxyl groups excluding tert-OH is 1. The van der Waals surface area contributed by atoms with Gasteiger partial charge in [0.1, 0.15) is 18.1 Å². The standard InChI is InChI=1S/C16H19NO2/c1-3-13-5-7-14(8-6-13)11-19-16-9-4-12(2)17-15(16)10-18/h4-9,18H,3,10-11H2,1-2H3. The molecular weight excluding hydrogens is 238 g/mol. The number of ether oxygens (including phenoxy) is 1. The summed E-state index contributed by atoms with van der Waals surface area (Å²) < 4.78 is 5.72. The number of aryl methyl sites for hydroxylation is 2. The third-order valence-electron chi connectivity index (χ3n) is 3.05. The highest BCUT2D eigenvalue weighted by Gasteiger charge is 2.05. The number of nitrogens with zero attached hydrogens (tertiary/aromatic N) is 1. The number of aliphatic hydroxyl groups is 1. The van der Waals surface area contributed by atoms with Crippen LogP contribution >= 0.6 is 0 Å². The van der Waals surface area contributed by atoms with E-state index in [0.717, 1.165) is 17.7 Å². The molecule has 0 saturated carbocycles. The van der Waals surface area contributed by atoms with Gasteiger partial charge in [-0.25, -0.2) is 0 Å². The van der Waals surface area contributed by atoms with Gasteiger partial charge in [0.15, 0.2) is 0 Å². The average Bonchev–Trinajstić information content (AvgIpc) is 2.46. The molecule has 1 aromatic carbocycles. The van der Waals surface area contributed by atoms with Gasteiger partial charge in [0.25, 0.3) is 0 Å². The Morgan fingerprint density at radius 3 is 2.37 bits per heavy atom. The van der Waals surface area contributed by atoms with Gasteiger partial charge >= 0.3 is 0 Å². The Labute approximate surface area is 113 Å². The minimum Gasteiger partial charge on any atom is -0.487 e. The van der Waals surface area contributed by atoms with E-state index in [1.165, 1.54) is 5.56 Å². The van der Waals surface area contributed by atoms with Crippen LogP contribution in [0.25, 0.3) is 0 Å². The van der Waals surface area contributed by atoms with Gasteiger partial charge in [0, 0.05) is 5.69 Å². The van der Waals surface area contributed by atoms with E-state index < -0.39 is 0 Å². The van der Waals surface area contributed by atoms with Crippen LogP contribution in [-0.2, 0) is 19.6 Å². The Bertz CT molecular complexity index is 535. The fourth-order valence-corrected chi connectivity index (χ4v) is 1.87. The highest BCUT2D eigenvalue weighted by atomic mass is 16.5. The molecule has 1 N–H and O–H groups in total. The van der Waals surface area contributed by atoms with Gasteiger partial charge in [-0.3, -0.25) is 4.98 Å². The smallest absolute Gasteiger partial charge is 0.143 e. The van der Waals surface area contributed by atoms with Crippen LogP contribution < -0.4 is 4.74 Å². The zero-order valence-corrected chi connectivity index (χ0v) is 11.4. The third kappa shape index (κ3) is 3.55. The summed E-state index contributed by atoms with van der Waals surface area (Å²) in [5.41, 5.74) is 3.90. The van der Waals surface area contributed by atoms with Crippen LogP contribution in [-0.4, -0.2) is 10.1 Å². The van der Waals surface area contributed by atoms with E-state index in [2.05, 4.69) is 36.2 Å². The summed E-state index contributed by atoms with van der Waals surface area (Å²) in [6.07, 6.45) is 1.04. The van der Waals surface area contributed by atoms with Gasteiger partial charge in [0.2, 0.25) is 0 Å². The van der Waals surface area contributed by atoms with E-state index in [-0.39, 0.29) is 6.61 Å². The molecule has 0 atom stereocenters. The summed E-state index contributed by atoms with van der Waals surface area (Å²) in [4.78, 5) is 4.26. The van der Waals surface area contributed by atoms with Gasteiger partial charge in [-0.1, -0.05) is 31.2 Å². The van der Waals surface area contributed by atoms with Crippen molar-refractivity contribution in [2.75, 3.05) is 0 Å². The maximum atomic E-state index is 9.27. The molecule has 1 aromatic heterocycles. The lowest BCUT2D eigenvalue weighted by molar-refractivity contribution is 0.253. The van der Waals surface area contributed by atoms with Crippen molar-refractivity contribution >= 4 is 0 Å². The first-order valence-electron chi connectivity index (χ1n) is 6.51. The maximum absolute atomic E-state index is 9.27. The van der Waals surface area contributed by atoms with Crippen molar-refractivity contribution < 1.29 is 9.84 Å². The number of rotatable bonds is 5. The summed E-state index contributed by atoms with van der Waals surface area (Å²) in [6, 6.07) is 12.1. The number of pyridine rings is 1. The Balaban J connectivity index is 2.05. The summed E-state index contributed by atoms with van der Waals surface area (Å²) >= 11 is 0. The van der Waals surface area contributed by atoms with E-state index in [0.29, 0.717) is 18.1 Å². The summed E-state index contributed by atoms with van der Waals surface area (Å²) in [5, 5.41) is 9.27. The zero-order chi connectivity index (χ0) is 13.7. The molecule has 0 aliphatic rings. The zero-order valence-electron chi connectivity index (χ0n) is 11.4. The van der Waals surface area contributed by atoms with E-state index in [9.17, 15) is 5.11 Å². The molecule has 0 aliphatic carbocycles. The largest absolute Gasteiger partial charge is 0.487 e. The van der Waals surface area contributed by atoms with Crippen molar-refractivity contribution in [3.63, 3.8) is 0 Å². The molecule has 0 unspecified atom stereocenters. The van der Waals surface area contributed by atoms with Crippen molar-refractivity contribution in [1.82, 2.24) is 4.98 Å². The van der Waals surface area contributed by atoms with E-state index >= 15 is 0 Å². The highest BCUT2D eigenvalue weighted by Crippen LogP contribution is 2.18. The summed E-state index contributed by atoms with van der Waals surface area (Å²) in [5.74, 6) is 0.646. The number of hydrogen-bond donors (Lipinski definition) is 1. The van der Waals surface area contributed by atoms with Crippen LogP contribution in [0.2, 0.25) is 0 Å². The molecule has 100 valence electrons. The maximum Gasteiger partial charge on any atom is 0.143 e. The molecule has 2 rings (SSSR count). The predicted molar refractivity (Wildman–Crippen MR) is 75.0 cm³/mol. The number of hydrogen-bond acceptors (Lipinski definition) is 3. The molecule has 2 aromatic rings. The van der Waals surface area contributed by atoms with Crippen LogP contribution in [0, 0.1) is 6.92 Å². The molecule has 0 radical (unpaired) electrons. The first-order chi connectivity index (χ1) is 9.22. The third-order valence-corrected chi connectivity index (χ3v) is 3.05. The van der Waals surface area contributed by atoms with Gasteiger partial charge in [-0.2, -0.15) is 0 Å². The molecule has 1 heterocycles. The van der Waals surface area contributed by atoms with Crippen molar-refractivity contribution in [2.45, 2.75) is 33.5 Å². The second-order valence-corrected chi connectivity index (χ2v) is 4.51. The SMILES string of the molecule is CCc1ccc(COc2ccc(C)nc2CO)cc1. The first-order valence-corrected chi connectivity index (χ1v) is 6.51. The molecule has 0 saturated heterocycles. The van der Waals surface area contributed by atoms with Gasteiger partial charge in [-0.15, -0.1) is 0 Å². The fourth-order valence-electron chi connectivity index (χ4n) is 1.87. The molecule has 0 bridgehead atoms. The fraction of sp³-hybridized carbons (Fsp3) is 0.312. The molecule has 3 nitrogen and oxygen atoms in total. The van der Waals surface area contributed by atoms with E-state index in [1.807, 2.05) is 19.1 Å². The van der Waals surface area contributed by atoms with Gasteiger partial charge in [-0.05, 0) is 36.6 Å². The van der Waals surface area contributed by atoms with Crippen molar-refractivity contribution in [1.29, 1.82) is 0 Å². The summed E-state index contributed by atoms with van der Waals surface area (Å²) in [6.45, 7) is 4.41.